The molecule has 0 spiro atoms. The molecule has 2 aliphatic rings. The summed E-state index contributed by atoms with van der Waals surface area (Å²) in [5.41, 5.74) is 5.31. The topological polar surface area (TPSA) is 92.5 Å². The zero-order chi connectivity index (χ0) is 14.3. The van der Waals surface area contributed by atoms with Crippen LogP contribution < -0.4 is 11.1 Å². The highest BCUT2D eigenvalue weighted by Gasteiger charge is 2.39. The van der Waals surface area contributed by atoms with Crippen LogP contribution in [0.5, 0.6) is 0 Å². The Labute approximate surface area is 114 Å². The van der Waals surface area contributed by atoms with Gasteiger partial charge in [-0.1, -0.05) is 6.92 Å². The van der Waals surface area contributed by atoms with Crippen LogP contribution in [-0.4, -0.2) is 61.9 Å². The van der Waals surface area contributed by atoms with Crippen LogP contribution in [0.25, 0.3) is 0 Å². The van der Waals surface area contributed by atoms with Crippen LogP contribution >= 0.6 is 0 Å². The first-order valence-electron chi connectivity index (χ1n) is 6.68. The summed E-state index contributed by atoms with van der Waals surface area (Å²) < 4.78 is 23.0. The summed E-state index contributed by atoms with van der Waals surface area (Å²) >= 11 is 0. The number of amides is 1. The van der Waals surface area contributed by atoms with E-state index >= 15 is 0 Å². The number of sulfone groups is 1. The van der Waals surface area contributed by atoms with Crippen molar-refractivity contribution >= 4 is 15.7 Å². The lowest BCUT2D eigenvalue weighted by molar-refractivity contribution is -0.123. The van der Waals surface area contributed by atoms with Crippen molar-refractivity contribution in [3.63, 3.8) is 0 Å². The third kappa shape index (κ3) is 3.67. The summed E-state index contributed by atoms with van der Waals surface area (Å²) in [6, 6.07) is 0.121. The number of carbonyl (C=O) groups is 1. The van der Waals surface area contributed by atoms with Gasteiger partial charge in [-0.25, -0.2) is 8.42 Å². The van der Waals surface area contributed by atoms with Gasteiger partial charge in [0.05, 0.1) is 23.6 Å². The standard InChI is InChI=1S/C12H23N3O3S/c1-9-5-15(6-10(9)13)7-11(16)14-12(2)3-4-19(17,18)8-12/h9-10H,3-8,13H2,1-2H3,(H,14,16). The van der Waals surface area contributed by atoms with Crippen molar-refractivity contribution in [3.8, 4) is 0 Å². The molecule has 3 unspecified atom stereocenters. The molecule has 3 N–H and O–H groups in total. The molecule has 2 saturated heterocycles. The quantitative estimate of drug-likeness (QED) is 0.692. The van der Waals surface area contributed by atoms with E-state index in [4.69, 9.17) is 5.73 Å². The molecule has 0 bridgehead atoms. The normalized spacial score (nSPS) is 38.5. The van der Waals surface area contributed by atoms with Crippen LogP contribution in [0, 0.1) is 5.92 Å². The van der Waals surface area contributed by atoms with Crippen molar-refractivity contribution in [3.05, 3.63) is 0 Å². The second-order valence-corrected chi connectivity index (χ2v) is 8.47. The average molecular weight is 289 g/mol. The lowest BCUT2D eigenvalue weighted by Crippen LogP contribution is -2.50. The Morgan fingerprint density at radius 2 is 2.16 bits per heavy atom. The summed E-state index contributed by atoms with van der Waals surface area (Å²) in [6.45, 7) is 5.72. The lowest BCUT2D eigenvalue weighted by Gasteiger charge is -2.25. The summed E-state index contributed by atoms with van der Waals surface area (Å²) in [5, 5.41) is 2.87. The molecule has 0 aromatic rings. The van der Waals surface area contributed by atoms with E-state index in [1.54, 1.807) is 6.92 Å². The number of likely N-dealkylation sites (tertiary alicyclic amines) is 1. The smallest absolute Gasteiger partial charge is 0.234 e. The van der Waals surface area contributed by atoms with E-state index < -0.39 is 15.4 Å². The van der Waals surface area contributed by atoms with Crippen molar-refractivity contribution in [1.29, 1.82) is 0 Å². The number of hydrogen-bond acceptors (Lipinski definition) is 5. The minimum atomic E-state index is -2.99. The predicted molar refractivity (Wildman–Crippen MR) is 73.4 cm³/mol. The number of nitrogens with one attached hydrogen (secondary N) is 1. The maximum Gasteiger partial charge on any atom is 0.234 e. The van der Waals surface area contributed by atoms with Gasteiger partial charge in [-0.05, 0) is 19.3 Å². The molecular formula is C12H23N3O3S. The summed E-state index contributed by atoms with van der Waals surface area (Å²) in [5.74, 6) is 0.494. The molecule has 110 valence electrons. The fourth-order valence-corrected chi connectivity index (χ4v) is 5.01. The van der Waals surface area contributed by atoms with Crippen LogP contribution in [0.15, 0.2) is 0 Å². The molecule has 2 aliphatic heterocycles. The summed E-state index contributed by atoms with van der Waals surface area (Å²) in [7, 11) is -2.99. The van der Waals surface area contributed by atoms with E-state index in [1.165, 1.54) is 0 Å². The number of nitrogens with two attached hydrogens (primary N) is 1. The molecule has 0 radical (unpaired) electrons. The van der Waals surface area contributed by atoms with Gasteiger partial charge in [0.1, 0.15) is 0 Å². The summed E-state index contributed by atoms with van der Waals surface area (Å²) in [6.07, 6.45) is 0.497. The van der Waals surface area contributed by atoms with Gasteiger partial charge in [0, 0.05) is 19.1 Å². The molecule has 2 fully saturated rings. The fraction of sp³-hybridized carbons (Fsp3) is 0.917. The molecular weight excluding hydrogens is 266 g/mol. The third-order valence-electron chi connectivity index (χ3n) is 4.06. The molecule has 6 nitrogen and oxygen atoms in total. The Bertz CT molecular complexity index is 455. The van der Waals surface area contributed by atoms with Crippen LogP contribution in [-0.2, 0) is 14.6 Å². The zero-order valence-corrected chi connectivity index (χ0v) is 12.4. The zero-order valence-electron chi connectivity index (χ0n) is 11.6. The fourth-order valence-electron chi connectivity index (χ4n) is 2.91. The first-order valence-corrected chi connectivity index (χ1v) is 8.51. The Morgan fingerprint density at radius 3 is 2.63 bits per heavy atom. The predicted octanol–water partition coefficient (Wildman–Crippen LogP) is -1.04. The minimum Gasteiger partial charge on any atom is -0.349 e. The second kappa shape index (κ2) is 5.03. The van der Waals surface area contributed by atoms with Crippen LogP contribution in [0.1, 0.15) is 20.3 Å². The molecule has 2 heterocycles. The molecule has 0 aliphatic carbocycles. The molecule has 0 aromatic heterocycles. The second-order valence-electron chi connectivity index (χ2n) is 6.29. The maximum absolute atomic E-state index is 12.0. The number of rotatable bonds is 3. The first-order chi connectivity index (χ1) is 8.69. The Kier molecular flexibility index (Phi) is 3.90. The van der Waals surface area contributed by atoms with Gasteiger partial charge in [-0.15, -0.1) is 0 Å². The van der Waals surface area contributed by atoms with Gasteiger partial charge in [-0.3, -0.25) is 9.69 Å². The summed E-state index contributed by atoms with van der Waals surface area (Å²) in [4.78, 5) is 14.0. The SMILES string of the molecule is CC1CN(CC(=O)NC2(C)CCS(=O)(=O)C2)CC1N. The van der Waals surface area contributed by atoms with E-state index in [2.05, 4.69) is 12.2 Å². The van der Waals surface area contributed by atoms with Crippen LogP contribution in [0.4, 0.5) is 0 Å². The minimum absolute atomic E-state index is 0.0433. The van der Waals surface area contributed by atoms with E-state index in [1.807, 2.05) is 4.90 Å². The van der Waals surface area contributed by atoms with Gasteiger partial charge in [-0.2, -0.15) is 0 Å². The van der Waals surface area contributed by atoms with Crippen LogP contribution in [0.3, 0.4) is 0 Å². The van der Waals surface area contributed by atoms with Crippen LogP contribution in [0.2, 0.25) is 0 Å². The highest BCUT2D eigenvalue weighted by molar-refractivity contribution is 7.91. The largest absolute Gasteiger partial charge is 0.349 e. The van der Waals surface area contributed by atoms with Crippen molar-refractivity contribution in [2.24, 2.45) is 11.7 Å². The molecule has 2 rings (SSSR count). The van der Waals surface area contributed by atoms with E-state index in [-0.39, 0.29) is 23.5 Å². The monoisotopic (exact) mass is 289 g/mol. The first kappa shape index (κ1) is 14.7. The molecule has 3 atom stereocenters. The van der Waals surface area contributed by atoms with Gasteiger partial charge in [0.25, 0.3) is 0 Å². The van der Waals surface area contributed by atoms with Gasteiger partial charge in [0.2, 0.25) is 5.91 Å². The van der Waals surface area contributed by atoms with Crippen molar-refractivity contribution < 1.29 is 13.2 Å². The van der Waals surface area contributed by atoms with Gasteiger partial charge >= 0.3 is 0 Å². The molecule has 1 amide bonds. The lowest BCUT2D eigenvalue weighted by atomic mass is 10.0. The van der Waals surface area contributed by atoms with E-state index in [0.717, 1.165) is 13.1 Å². The third-order valence-corrected chi connectivity index (χ3v) is 5.96. The molecule has 19 heavy (non-hydrogen) atoms. The molecule has 7 heteroatoms. The molecule has 0 aromatic carbocycles. The molecule has 0 saturated carbocycles. The van der Waals surface area contributed by atoms with Crippen molar-refractivity contribution in [2.75, 3.05) is 31.1 Å². The Morgan fingerprint density at radius 1 is 1.47 bits per heavy atom. The number of nitrogens with zero attached hydrogens (tertiary/aromatic N) is 1. The van der Waals surface area contributed by atoms with Crippen molar-refractivity contribution in [2.45, 2.75) is 31.8 Å². The Hall–Kier alpha value is -0.660. The van der Waals surface area contributed by atoms with E-state index in [9.17, 15) is 13.2 Å². The number of hydrogen-bond donors (Lipinski definition) is 2. The highest BCUT2D eigenvalue weighted by Crippen LogP contribution is 2.23. The van der Waals surface area contributed by atoms with Crippen molar-refractivity contribution in [1.82, 2.24) is 10.2 Å². The number of carbonyl (C=O) groups excluding carboxylic acids is 1. The Balaban J connectivity index is 1.85. The average Bonchev–Trinajstić information content (AvgIpc) is 2.67. The highest BCUT2D eigenvalue weighted by atomic mass is 32.2. The maximum atomic E-state index is 12.0. The van der Waals surface area contributed by atoms with E-state index in [0.29, 0.717) is 18.9 Å². The van der Waals surface area contributed by atoms with Gasteiger partial charge in [0.15, 0.2) is 9.84 Å². The van der Waals surface area contributed by atoms with Gasteiger partial charge < -0.3 is 11.1 Å².